The minimum absolute atomic E-state index is 0. The minimum atomic E-state index is 0. The van der Waals surface area contributed by atoms with Crippen LogP contribution in [0.25, 0.3) is 0 Å². The molecule has 0 spiro atoms. The van der Waals surface area contributed by atoms with E-state index in [0.29, 0.717) is 5.92 Å². The molecule has 26 heavy (non-hydrogen) atoms. The van der Waals surface area contributed by atoms with Crippen LogP contribution in [-0.2, 0) is 0 Å². The molecule has 0 saturated carbocycles. The number of guanidine groups is 1. The number of nitrogens with zero attached hydrogens (tertiary/aromatic N) is 1. The number of aliphatic imine (C=N–C) groups is 1. The quantitative estimate of drug-likeness (QED) is 0.400. The Labute approximate surface area is 173 Å². The molecule has 0 fully saturated rings. The molecule has 1 aliphatic heterocycles. The average Bonchev–Trinajstić information content (AvgIpc) is 2.65. The van der Waals surface area contributed by atoms with E-state index in [4.69, 9.17) is 4.74 Å². The van der Waals surface area contributed by atoms with Gasteiger partial charge in [0.2, 0.25) is 0 Å². The number of halogens is 1. The fourth-order valence-electron chi connectivity index (χ4n) is 3.11. The lowest BCUT2D eigenvalue weighted by molar-refractivity contribution is 0.261. The Balaban J connectivity index is 0.00000243. The monoisotopic (exact) mass is 465 g/mol. The first kappa shape index (κ1) is 20.6. The summed E-state index contributed by atoms with van der Waals surface area (Å²) in [5.74, 6) is 2.22. The number of rotatable bonds is 4. The Morgan fingerprint density at radius 3 is 2.65 bits per heavy atom. The first-order valence-corrected chi connectivity index (χ1v) is 8.93. The Hall–Kier alpha value is -1.76. The van der Waals surface area contributed by atoms with E-state index in [-0.39, 0.29) is 30.0 Å². The van der Waals surface area contributed by atoms with E-state index in [9.17, 15) is 0 Å². The number of aryl methyl sites for hydroxylation is 1. The molecule has 5 heteroatoms. The third-order valence-corrected chi connectivity index (χ3v) is 4.72. The molecule has 0 aliphatic carbocycles. The van der Waals surface area contributed by atoms with Crippen LogP contribution in [0.5, 0.6) is 5.75 Å². The molecule has 4 nitrogen and oxygen atoms in total. The smallest absolute Gasteiger partial charge is 0.191 e. The second kappa shape index (κ2) is 9.80. The van der Waals surface area contributed by atoms with Crippen molar-refractivity contribution >= 4 is 29.9 Å². The number of para-hydroxylation sites is 1. The highest BCUT2D eigenvalue weighted by molar-refractivity contribution is 14.0. The fraction of sp³-hybridized carbons (Fsp3) is 0.381. The molecule has 0 aromatic heterocycles. The molecule has 2 aromatic carbocycles. The van der Waals surface area contributed by atoms with E-state index in [0.717, 1.165) is 31.3 Å². The minimum Gasteiger partial charge on any atom is -0.493 e. The highest BCUT2D eigenvalue weighted by atomic mass is 127. The highest BCUT2D eigenvalue weighted by Crippen LogP contribution is 2.31. The van der Waals surface area contributed by atoms with E-state index in [1.807, 2.05) is 19.2 Å². The number of nitrogens with one attached hydrogen (secondary N) is 2. The van der Waals surface area contributed by atoms with Crippen LogP contribution in [0, 0.1) is 6.92 Å². The van der Waals surface area contributed by atoms with Crippen LogP contribution < -0.4 is 15.4 Å². The standard InChI is InChI=1S/C21H27N3O.HI/c1-15-8-10-17(11-9-15)16(2)14-23-21(22-3)24-19-12-13-25-20-7-5-4-6-18(19)20;/h4-11,16,19H,12-14H2,1-3H3,(H2,22,23,24);1H. The van der Waals surface area contributed by atoms with Gasteiger partial charge in [0.25, 0.3) is 0 Å². The first-order valence-electron chi connectivity index (χ1n) is 8.93. The lowest BCUT2D eigenvalue weighted by Gasteiger charge is -2.28. The van der Waals surface area contributed by atoms with E-state index >= 15 is 0 Å². The average molecular weight is 465 g/mol. The second-order valence-corrected chi connectivity index (χ2v) is 6.64. The molecule has 2 unspecified atom stereocenters. The maximum Gasteiger partial charge on any atom is 0.191 e. The molecule has 0 bridgehead atoms. The van der Waals surface area contributed by atoms with Crippen LogP contribution in [0.1, 0.15) is 42.0 Å². The Bertz CT molecular complexity index is 730. The van der Waals surface area contributed by atoms with Crippen molar-refractivity contribution < 1.29 is 4.74 Å². The van der Waals surface area contributed by atoms with Gasteiger partial charge in [-0.2, -0.15) is 0 Å². The number of benzene rings is 2. The number of hydrogen-bond donors (Lipinski definition) is 2. The second-order valence-electron chi connectivity index (χ2n) is 6.64. The summed E-state index contributed by atoms with van der Waals surface area (Å²) in [5.41, 5.74) is 3.83. The molecule has 1 aliphatic rings. The maximum absolute atomic E-state index is 5.73. The van der Waals surface area contributed by atoms with E-state index in [1.165, 1.54) is 16.7 Å². The van der Waals surface area contributed by atoms with Gasteiger partial charge in [-0.25, -0.2) is 0 Å². The fourth-order valence-corrected chi connectivity index (χ4v) is 3.11. The normalized spacial score (nSPS) is 17.3. The van der Waals surface area contributed by atoms with Crippen molar-refractivity contribution in [1.82, 2.24) is 10.6 Å². The van der Waals surface area contributed by atoms with Crippen LogP contribution in [0.15, 0.2) is 53.5 Å². The molecule has 0 amide bonds. The Kier molecular flexibility index (Phi) is 7.75. The van der Waals surface area contributed by atoms with Gasteiger partial charge in [-0.3, -0.25) is 4.99 Å². The Morgan fingerprint density at radius 1 is 1.19 bits per heavy atom. The lowest BCUT2D eigenvalue weighted by Crippen LogP contribution is -2.42. The summed E-state index contributed by atoms with van der Waals surface area (Å²) in [5, 5.41) is 7.00. The predicted octanol–water partition coefficient (Wildman–Crippen LogP) is 4.41. The van der Waals surface area contributed by atoms with Gasteiger partial charge in [-0.05, 0) is 24.5 Å². The van der Waals surface area contributed by atoms with E-state index < -0.39 is 0 Å². The van der Waals surface area contributed by atoms with Crippen LogP contribution in [0.3, 0.4) is 0 Å². The third kappa shape index (κ3) is 5.13. The number of ether oxygens (including phenoxy) is 1. The molecule has 3 rings (SSSR count). The summed E-state index contributed by atoms with van der Waals surface area (Å²) in [6.07, 6.45) is 0.936. The summed E-state index contributed by atoms with van der Waals surface area (Å²) >= 11 is 0. The van der Waals surface area contributed by atoms with Crippen molar-refractivity contribution in [2.75, 3.05) is 20.2 Å². The maximum atomic E-state index is 5.73. The molecule has 2 atom stereocenters. The first-order chi connectivity index (χ1) is 12.2. The third-order valence-electron chi connectivity index (χ3n) is 4.72. The van der Waals surface area contributed by atoms with Crippen LogP contribution in [-0.4, -0.2) is 26.2 Å². The molecular formula is C21H28IN3O. The van der Waals surface area contributed by atoms with Crippen LogP contribution in [0.2, 0.25) is 0 Å². The molecule has 2 N–H and O–H groups in total. The van der Waals surface area contributed by atoms with Crippen molar-refractivity contribution in [2.45, 2.75) is 32.2 Å². The van der Waals surface area contributed by atoms with Gasteiger partial charge in [0.15, 0.2) is 5.96 Å². The zero-order valence-electron chi connectivity index (χ0n) is 15.7. The van der Waals surface area contributed by atoms with Crippen molar-refractivity contribution in [1.29, 1.82) is 0 Å². The van der Waals surface area contributed by atoms with Crippen LogP contribution in [0.4, 0.5) is 0 Å². The molecule has 2 aromatic rings. The summed E-state index contributed by atoms with van der Waals surface area (Å²) in [6, 6.07) is 17.2. The van der Waals surface area contributed by atoms with Gasteiger partial charge in [0.05, 0.1) is 12.6 Å². The molecular weight excluding hydrogens is 437 g/mol. The number of fused-ring (bicyclic) bond motifs is 1. The van der Waals surface area contributed by atoms with Crippen molar-refractivity contribution in [3.63, 3.8) is 0 Å². The highest BCUT2D eigenvalue weighted by Gasteiger charge is 2.21. The SMILES string of the molecule is CN=C(NCC(C)c1ccc(C)cc1)NC1CCOc2ccccc21.I. The van der Waals surface area contributed by atoms with Gasteiger partial charge < -0.3 is 15.4 Å². The zero-order chi connectivity index (χ0) is 17.6. The summed E-state index contributed by atoms with van der Waals surface area (Å²) < 4.78 is 5.73. The molecule has 0 radical (unpaired) electrons. The topological polar surface area (TPSA) is 45.7 Å². The summed E-state index contributed by atoms with van der Waals surface area (Å²) in [6.45, 7) is 5.91. The van der Waals surface area contributed by atoms with E-state index in [2.05, 4.69) is 65.9 Å². The van der Waals surface area contributed by atoms with Gasteiger partial charge in [-0.15, -0.1) is 24.0 Å². The zero-order valence-corrected chi connectivity index (χ0v) is 18.0. The molecule has 0 saturated heterocycles. The van der Waals surface area contributed by atoms with E-state index in [1.54, 1.807) is 0 Å². The predicted molar refractivity (Wildman–Crippen MR) is 119 cm³/mol. The van der Waals surface area contributed by atoms with Crippen LogP contribution >= 0.6 is 24.0 Å². The Morgan fingerprint density at radius 2 is 1.92 bits per heavy atom. The summed E-state index contributed by atoms with van der Waals surface area (Å²) in [7, 11) is 1.82. The lowest BCUT2D eigenvalue weighted by atomic mass is 10.00. The van der Waals surface area contributed by atoms with Crippen molar-refractivity contribution in [3.8, 4) is 5.75 Å². The number of hydrogen-bond acceptors (Lipinski definition) is 2. The van der Waals surface area contributed by atoms with Gasteiger partial charge in [0, 0.05) is 25.6 Å². The van der Waals surface area contributed by atoms with Gasteiger partial charge in [0.1, 0.15) is 5.75 Å². The molecule has 140 valence electrons. The van der Waals surface area contributed by atoms with Gasteiger partial charge in [-0.1, -0.05) is 55.0 Å². The van der Waals surface area contributed by atoms with Gasteiger partial charge >= 0.3 is 0 Å². The molecule has 1 heterocycles. The summed E-state index contributed by atoms with van der Waals surface area (Å²) in [4.78, 5) is 4.39. The van der Waals surface area contributed by atoms with Crippen molar-refractivity contribution in [3.05, 3.63) is 65.2 Å². The largest absolute Gasteiger partial charge is 0.493 e. The van der Waals surface area contributed by atoms with Crippen molar-refractivity contribution in [2.24, 2.45) is 4.99 Å².